The number of carbonyl (C=O) groups excluding carboxylic acids is 2. The summed E-state index contributed by atoms with van der Waals surface area (Å²) in [5.74, 6) is -0.524. The molecule has 0 bridgehead atoms. The lowest BCUT2D eigenvalue weighted by Crippen LogP contribution is -2.48. The van der Waals surface area contributed by atoms with Crippen LogP contribution >= 0.6 is 0 Å². The molecule has 1 fully saturated rings. The molecule has 1 aliphatic rings. The average Bonchev–Trinajstić information content (AvgIpc) is 2.26. The minimum Gasteiger partial charge on any atom is -0.296 e. The van der Waals surface area contributed by atoms with E-state index in [0.29, 0.717) is 6.42 Å². The van der Waals surface area contributed by atoms with Gasteiger partial charge in [-0.15, -0.1) is 0 Å². The van der Waals surface area contributed by atoms with Crippen molar-refractivity contribution in [3.63, 3.8) is 0 Å². The Balaban J connectivity index is 2.44. The van der Waals surface area contributed by atoms with Crippen LogP contribution < -0.4 is 5.32 Å². The molecule has 0 spiro atoms. The lowest BCUT2D eigenvalue weighted by molar-refractivity contribution is -0.138. The number of nitrogens with one attached hydrogen (secondary N) is 1. The van der Waals surface area contributed by atoms with Crippen LogP contribution in [0.3, 0.4) is 0 Å². The van der Waals surface area contributed by atoms with E-state index in [1.807, 2.05) is 31.2 Å². The SMILES string of the molecule is Cc1cccc(C2C(=O)NC(=O)CC2C(C)(C)C)c1. The topological polar surface area (TPSA) is 46.2 Å². The maximum absolute atomic E-state index is 12.2. The summed E-state index contributed by atoms with van der Waals surface area (Å²) in [6.07, 6.45) is 0.411. The van der Waals surface area contributed by atoms with E-state index in [2.05, 4.69) is 26.1 Å². The van der Waals surface area contributed by atoms with Crippen LogP contribution in [-0.4, -0.2) is 11.8 Å². The first-order valence-electron chi connectivity index (χ1n) is 6.69. The van der Waals surface area contributed by atoms with E-state index < -0.39 is 0 Å². The Labute approximate surface area is 114 Å². The van der Waals surface area contributed by atoms with E-state index >= 15 is 0 Å². The summed E-state index contributed by atoms with van der Waals surface area (Å²) in [7, 11) is 0. The van der Waals surface area contributed by atoms with Gasteiger partial charge in [0.15, 0.2) is 0 Å². The van der Waals surface area contributed by atoms with Gasteiger partial charge in [0.1, 0.15) is 0 Å². The van der Waals surface area contributed by atoms with Gasteiger partial charge >= 0.3 is 0 Å². The van der Waals surface area contributed by atoms with E-state index in [9.17, 15) is 9.59 Å². The second-order valence-corrected chi connectivity index (χ2v) is 6.48. The van der Waals surface area contributed by atoms with Gasteiger partial charge in [-0.1, -0.05) is 50.6 Å². The molecule has 1 aromatic carbocycles. The van der Waals surface area contributed by atoms with Crippen LogP contribution in [0.5, 0.6) is 0 Å². The van der Waals surface area contributed by atoms with Crippen molar-refractivity contribution in [3.8, 4) is 0 Å². The number of amides is 2. The van der Waals surface area contributed by atoms with E-state index in [-0.39, 0.29) is 29.1 Å². The second-order valence-electron chi connectivity index (χ2n) is 6.48. The highest BCUT2D eigenvalue weighted by molar-refractivity contribution is 6.01. The molecule has 2 atom stereocenters. The molecule has 1 saturated heterocycles. The average molecular weight is 259 g/mol. The molecular weight excluding hydrogens is 238 g/mol. The third kappa shape index (κ3) is 2.86. The Morgan fingerprint density at radius 2 is 1.89 bits per heavy atom. The van der Waals surface area contributed by atoms with Gasteiger partial charge in [0, 0.05) is 6.42 Å². The van der Waals surface area contributed by atoms with Crippen molar-refractivity contribution in [3.05, 3.63) is 35.4 Å². The molecule has 0 aromatic heterocycles. The zero-order valence-corrected chi connectivity index (χ0v) is 12.0. The third-order valence-corrected chi connectivity index (χ3v) is 3.87. The first kappa shape index (κ1) is 13.8. The number of imide groups is 1. The van der Waals surface area contributed by atoms with Gasteiger partial charge in [0.05, 0.1) is 5.92 Å². The van der Waals surface area contributed by atoms with Gasteiger partial charge in [-0.25, -0.2) is 0 Å². The summed E-state index contributed by atoms with van der Waals surface area (Å²) in [5.41, 5.74) is 2.06. The number of hydrogen-bond acceptors (Lipinski definition) is 2. The molecule has 0 saturated carbocycles. The fourth-order valence-electron chi connectivity index (χ4n) is 2.82. The molecule has 3 heteroatoms. The first-order valence-corrected chi connectivity index (χ1v) is 6.69. The van der Waals surface area contributed by atoms with Crippen molar-refractivity contribution in [2.45, 2.75) is 40.0 Å². The van der Waals surface area contributed by atoms with Crippen LogP contribution in [0, 0.1) is 18.3 Å². The molecule has 1 aliphatic heterocycles. The molecule has 1 heterocycles. The van der Waals surface area contributed by atoms with Gasteiger partial charge in [-0.05, 0) is 23.8 Å². The monoisotopic (exact) mass is 259 g/mol. The standard InChI is InChI=1S/C16H21NO2/c1-10-6-5-7-11(8-10)14-12(16(2,3)4)9-13(18)17-15(14)19/h5-8,12,14H,9H2,1-4H3,(H,17,18,19). The Kier molecular flexibility index (Phi) is 3.48. The number of aryl methyl sites for hydroxylation is 1. The fourth-order valence-corrected chi connectivity index (χ4v) is 2.82. The van der Waals surface area contributed by atoms with Crippen LogP contribution in [0.1, 0.15) is 44.2 Å². The van der Waals surface area contributed by atoms with E-state index in [0.717, 1.165) is 11.1 Å². The first-order chi connectivity index (χ1) is 8.79. The predicted molar refractivity (Wildman–Crippen MR) is 74.6 cm³/mol. The lowest BCUT2D eigenvalue weighted by Gasteiger charge is -2.39. The Morgan fingerprint density at radius 3 is 2.47 bits per heavy atom. The van der Waals surface area contributed by atoms with Gasteiger partial charge in [0.2, 0.25) is 11.8 Å². The highest BCUT2D eigenvalue weighted by Crippen LogP contribution is 2.42. The van der Waals surface area contributed by atoms with Crippen molar-refractivity contribution >= 4 is 11.8 Å². The summed E-state index contributed by atoms with van der Waals surface area (Å²) in [5, 5.41) is 2.47. The number of piperidine rings is 1. The quantitative estimate of drug-likeness (QED) is 0.788. The molecular formula is C16H21NO2. The van der Waals surface area contributed by atoms with Crippen molar-refractivity contribution in [1.29, 1.82) is 0 Å². The summed E-state index contributed by atoms with van der Waals surface area (Å²) in [6.45, 7) is 8.28. The molecule has 2 unspecified atom stereocenters. The molecule has 1 aromatic rings. The number of hydrogen-bond donors (Lipinski definition) is 1. The zero-order chi connectivity index (χ0) is 14.2. The second kappa shape index (κ2) is 4.80. The third-order valence-electron chi connectivity index (χ3n) is 3.87. The Bertz CT molecular complexity index is 514. The normalized spacial score (nSPS) is 24.2. The molecule has 0 aliphatic carbocycles. The van der Waals surface area contributed by atoms with Crippen LogP contribution in [0.4, 0.5) is 0 Å². The highest BCUT2D eigenvalue weighted by Gasteiger charge is 2.42. The molecule has 19 heavy (non-hydrogen) atoms. The maximum atomic E-state index is 12.2. The summed E-state index contributed by atoms with van der Waals surface area (Å²) >= 11 is 0. The van der Waals surface area contributed by atoms with Crippen LogP contribution in [0.2, 0.25) is 0 Å². The van der Waals surface area contributed by atoms with Crippen molar-refractivity contribution in [1.82, 2.24) is 5.32 Å². The van der Waals surface area contributed by atoms with Gasteiger partial charge in [-0.2, -0.15) is 0 Å². The Morgan fingerprint density at radius 1 is 1.21 bits per heavy atom. The summed E-state index contributed by atoms with van der Waals surface area (Å²) < 4.78 is 0. The number of benzene rings is 1. The van der Waals surface area contributed by atoms with E-state index in [1.165, 1.54) is 0 Å². The molecule has 0 radical (unpaired) electrons. The van der Waals surface area contributed by atoms with Crippen molar-refractivity contribution < 1.29 is 9.59 Å². The molecule has 2 rings (SSSR count). The van der Waals surface area contributed by atoms with Gasteiger partial charge in [0.25, 0.3) is 0 Å². The van der Waals surface area contributed by atoms with Crippen LogP contribution in [-0.2, 0) is 9.59 Å². The molecule has 3 nitrogen and oxygen atoms in total. The minimum atomic E-state index is -0.238. The van der Waals surface area contributed by atoms with Crippen molar-refractivity contribution in [2.75, 3.05) is 0 Å². The number of rotatable bonds is 1. The van der Waals surface area contributed by atoms with E-state index in [4.69, 9.17) is 0 Å². The zero-order valence-electron chi connectivity index (χ0n) is 12.0. The molecule has 2 amide bonds. The molecule has 1 N–H and O–H groups in total. The largest absolute Gasteiger partial charge is 0.296 e. The smallest absolute Gasteiger partial charge is 0.234 e. The van der Waals surface area contributed by atoms with Crippen LogP contribution in [0.25, 0.3) is 0 Å². The van der Waals surface area contributed by atoms with Gasteiger partial charge in [-0.3, -0.25) is 14.9 Å². The predicted octanol–water partition coefficient (Wildman–Crippen LogP) is 2.79. The van der Waals surface area contributed by atoms with Crippen molar-refractivity contribution in [2.24, 2.45) is 11.3 Å². The van der Waals surface area contributed by atoms with E-state index in [1.54, 1.807) is 0 Å². The Hall–Kier alpha value is -1.64. The summed E-state index contributed by atoms with van der Waals surface area (Å²) in [4.78, 5) is 23.9. The lowest BCUT2D eigenvalue weighted by atomic mass is 9.67. The summed E-state index contributed by atoms with van der Waals surface area (Å²) in [6, 6.07) is 8.00. The van der Waals surface area contributed by atoms with Gasteiger partial charge < -0.3 is 0 Å². The molecule has 102 valence electrons. The number of carbonyl (C=O) groups is 2. The maximum Gasteiger partial charge on any atom is 0.234 e. The fraction of sp³-hybridized carbons (Fsp3) is 0.500. The minimum absolute atomic E-state index is 0.0375. The highest BCUT2D eigenvalue weighted by atomic mass is 16.2. The van der Waals surface area contributed by atoms with Crippen LogP contribution in [0.15, 0.2) is 24.3 Å².